The first-order valence-electron chi connectivity index (χ1n) is 9.11. The number of fused-ring (bicyclic) bond motifs is 1. The normalized spacial score (nSPS) is 19.3. The number of hydrogen-bond acceptors (Lipinski definition) is 5. The molecule has 27 heavy (non-hydrogen) atoms. The largest absolute Gasteiger partial charge is 0.338 e. The van der Waals surface area contributed by atoms with Crippen LogP contribution in [0.25, 0.3) is 0 Å². The fourth-order valence-electron chi connectivity index (χ4n) is 3.17. The molecular weight excluding hydrogens is 350 g/mol. The third-order valence-corrected chi connectivity index (χ3v) is 4.64. The quantitative estimate of drug-likeness (QED) is 0.812. The van der Waals surface area contributed by atoms with E-state index in [-0.39, 0.29) is 23.7 Å². The molecular formula is C19H23N3O5. The van der Waals surface area contributed by atoms with Crippen molar-refractivity contribution in [2.75, 3.05) is 19.6 Å². The molecule has 1 N–H and O–H groups in total. The Morgan fingerprint density at radius 3 is 2.41 bits per heavy atom. The van der Waals surface area contributed by atoms with Crippen molar-refractivity contribution >= 4 is 23.8 Å². The summed E-state index contributed by atoms with van der Waals surface area (Å²) in [7, 11) is 0. The minimum Gasteiger partial charge on any atom is -0.338 e. The van der Waals surface area contributed by atoms with Gasteiger partial charge >= 0.3 is 12.0 Å². The fourth-order valence-corrected chi connectivity index (χ4v) is 3.17. The molecule has 0 spiro atoms. The first kappa shape index (κ1) is 18.9. The molecule has 1 saturated heterocycles. The number of imide groups is 1. The van der Waals surface area contributed by atoms with E-state index in [4.69, 9.17) is 4.84 Å². The van der Waals surface area contributed by atoms with Crippen LogP contribution in [-0.2, 0) is 9.63 Å². The van der Waals surface area contributed by atoms with Crippen molar-refractivity contribution in [3.8, 4) is 0 Å². The van der Waals surface area contributed by atoms with E-state index in [9.17, 15) is 19.2 Å². The molecule has 2 aliphatic rings. The number of amides is 4. The third-order valence-electron chi connectivity index (χ3n) is 4.64. The second kappa shape index (κ2) is 7.77. The van der Waals surface area contributed by atoms with E-state index < -0.39 is 23.7 Å². The van der Waals surface area contributed by atoms with Crippen molar-refractivity contribution in [1.29, 1.82) is 0 Å². The highest BCUT2D eigenvalue weighted by atomic mass is 16.7. The number of nitrogens with zero attached hydrogens (tertiary/aromatic N) is 2. The Bertz CT molecular complexity index is 741. The van der Waals surface area contributed by atoms with E-state index in [0.717, 1.165) is 0 Å². The van der Waals surface area contributed by atoms with Gasteiger partial charge in [0.05, 0.1) is 17.0 Å². The van der Waals surface area contributed by atoms with E-state index in [2.05, 4.69) is 5.32 Å². The predicted molar refractivity (Wildman–Crippen MR) is 95.6 cm³/mol. The van der Waals surface area contributed by atoms with Crippen molar-refractivity contribution in [3.63, 3.8) is 0 Å². The lowest BCUT2D eigenvalue weighted by Gasteiger charge is -2.32. The van der Waals surface area contributed by atoms with Crippen molar-refractivity contribution in [3.05, 3.63) is 35.4 Å². The van der Waals surface area contributed by atoms with Gasteiger partial charge in [0.1, 0.15) is 0 Å². The minimum absolute atomic E-state index is 0.200. The zero-order valence-electron chi connectivity index (χ0n) is 15.4. The summed E-state index contributed by atoms with van der Waals surface area (Å²) < 4.78 is 0. The van der Waals surface area contributed by atoms with Gasteiger partial charge in [-0.05, 0) is 30.9 Å². The first-order chi connectivity index (χ1) is 12.9. The van der Waals surface area contributed by atoms with Gasteiger partial charge in [-0.2, -0.15) is 0 Å². The summed E-state index contributed by atoms with van der Waals surface area (Å²) in [5, 5.41) is 3.35. The molecule has 1 atom stereocenters. The van der Waals surface area contributed by atoms with Crippen molar-refractivity contribution in [1.82, 2.24) is 15.3 Å². The molecule has 8 nitrogen and oxygen atoms in total. The molecule has 4 amide bonds. The number of rotatable bonds is 4. The van der Waals surface area contributed by atoms with E-state index in [1.165, 1.54) is 12.1 Å². The molecule has 0 saturated carbocycles. The zero-order valence-corrected chi connectivity index (χ0v) is 15.4. The Balaban J connectivity index is 1.61. The maximum Gasteiger partial charge on any atom is 0.338 e. The Labute approximate surface area is 157 Å². The van der Waals surface area contributed by atoms with Gasteiger partial charge < -0.3 is 15.1 Å². The van der Waals surface area contributed by atoms with Crippen LogP contribution < -0.4 is 5.32 Å². The van der Waals surface area contributed by atoms with Gasteiger partial charge in [-0.15, -0.1) is 0 Å². The number of hydrogen-bond donors (Lipinski definition) is 1. The molecule has 2 aliphatic heterocycles. The number of nitrogens with one attached hydrogen (secondary N) is 1. The average Bonchev–Trinajstić information content (AvgIpc) is 2.91. The number of carbonyl (C=O) groups is 4. The summed E-state index contributed by atoms with van der Waals surface area (Å²) in [6.45, 7) is 5.31. The van der Waals surface area contributed by atoms with Gasteiger partial charge in [-0.1, -0.05) is 31.0 Å². The third kappa shape index (κ3) is 3.94. The maximum atomic E-state index is 12.5. The fraction of sp³-hybridized carbons (Fsp3) is 0.474. The van der Waals surface area contributed by atoms with Gasteiger partial charge in [-0.3, -0.25) is 9.59 Å². The molecule has 3 rings (SSSR count). The number of carbonyl (C=O) groups excluding carboxylic acids is 4. The number of urea groups is 1. The Morgan fingerprint density at radius 1 is 1.19 bits per heavy atom. The van der Waals surface area contributed by atoms with E-state index >= 15 is 0 Å². The highest BCUT2D eigenvalue weighted by Gasteiger charge is 2.40. The van der Waals surface area contributed by atoms with Crippen LogP contribution in [0.3, 0.4) is 0 Å². The van der Waals surface area contributed by atoms with Crippen molar-refractivity contribution < 1.29 is 24.0 Å². The molecule has 2 heterocycles. The van der Waals surface area contributed by atoms with Crippen molar-refractivity contribution in [2.45, 2.75) is 26.7 Å². The van der Waals surface area contributed by atoms with Crippen LogP contribution in [0.2, 0.25) is 0 Å². The summed E-state index contributed by atoms with van der Waals surface area (Å²) in [5.74, 6) is -2.22. The Kier molecular flexibility index (Phi) is 5.43. The molecule has 1 aromatic rings. The highest BCUT2D eigenvalue weighted by Crippen LogP contribution is 2.25. The highest BCUT2D eigenvalue weighted by molar-refractivity contribution is 6.20. The lowest BCUT2D eigenvalue weighted by atomic mass is 9.98. The van der Waals surface area contributed by atoms with Crippen LogP contribution in [0, 0.1) is 11.8 Å². The van der Waals surface area contributed by atoms with E-state index in [0.29, 0.717) is 36.9 Å². The zero-order chi connectivity index (χ0) is 19.6. The molecule has 0 aliphatic carbocycles. The van der Waals surface area contributed by atoms with Crippen LogP contribution in [-0.4, -0.2) is 53.4 Å². The van der Waals surface area contributed by atoms with Crippen LogP contribution in [0.1, 0.15) is 47.4 Å². The standard InChI is InChI=1S/C19H23N3O5/c1-12(2)10-20-19(26)21-9-5-6-13(11-21)18(25)27-22-16(23)14-7-3-4-8-15(14)17(22)24/h3-4,7-8,12-13H,5-6,9-11H2,1-2H3,(H,20,26). The van der Waals surface area contributed by atoms with Crippen LogP contribution in [0.4, 0.5) is 4.79 Å². The predicted octanol–water partition coefficient (Wildman–Crippen LogP) is 1.82. The van der Waals surface area contributed by atoms with E-state index in [1.54, 1.807) is 17.0 Å². The first-order valence-corrected chi connectivity index (χ1v) is 9.11. The molecule has 144 valence electrons. The molecule has 1 fully saturated rings. The number of likely N-dealkylation sites (tertiary alicyclic amines) is 1. The number of benzene rings is 1. The number of hydroxylamine groups is 2. The van der Waals surface area contributed by atoms with Crippen LogP contribution in [0.15, 0.2) is 24.3 Å². The van der Waals surface area contributed by atoms with Gasteiger partial charge in [0, 0.05) is 19.6 Å². The molecule has 1 aromatic carbocycles. The topological polar surface area (TPSA) is 96.0 Å². The monoisotopic (exact) mass is 373 g/mol. The smallest absolute Gasteiger partial charge is 0.338 e. The van der Waals surface area contributed by atoms with Crippen LogP contribution >= 0.6 is 0 Å². The summed E-state index contributed by atoms with van der Waals surface area (Å²) in [6.07, 6.45) is 1.19. The summed E-state index contributed by atoms with van der Waals surface area (Å²) in [4.78, 5) is 56.0. The second-order valence-corrected chi connectivity index (χ2v) is 7.23. The second-order valence-electron chi connectivity index (χ2n) is 7.23. The molecule has 8 heteroatoms. The molecule has 0 radical (unpaired) electrons. The molecule has 1 unspecified atom stereocenters. The maximum absolute atomic E-state index is 12.5. The van der Waals surface area contributed by atoms with Gasteiger partial charge in [-0.25, -0.2) is 9.59 Å². The van der Waals surface area contributed by atoms with Gasteiger partial charge in [0.15, 0.2) is 0 Å². The Morgan fingerprint density at radius 2 is 1.81 bits per heavy atom. The minimum atomic E-state index is -0.675. The lowest BCUT2D eigenvalue weighted by molar-refractivity contribution is -0.175. The Hall–Kier alpha value is -2.90. The molecule has 0 bridgehead atoms. The van der Waals surface area contributed by atoms with Crippen molar-refractivity contribution in [2.24, 2.45) is 11.8 Å². The van der Waals surface area contributed by atoms with Gasteiger partial charge in [0.25, 0.3) is 11.8 Å². The average molecular weight is 373 g/mol. The lowest BCUT2D eigenvalue weighted by Crippen LogP contribution is -2.48. The summed E-state index contributed by atoms with van der Waals surface area (Å²) in [5.41, 5.74) is 0.433. The molecule has 0 aromatic heterocycles. The van der Waals surface area contributed by atoms with Crippen LogP contribution in [0.5, 0.6) is 0 Å². The van der Waals surface area contributed by atoms with Gasteiger partial charge in [0.2, 0.25) is 0 Å². The summed E-state index contributed by atoms with van der Waals surface area (Å²) >= 11 is 0. The SMILES string of the molecule is CC(C)CNC(=O)N1CCCC(C(=O)ON2C(=O)c3ccccc3C2=O)C1. The van der Waals surface area contributed by atoms with E-state index in [1.807, 2.05) is 13.8 Å². The summed E-state index contributed by atoms with van der Waals surface area (Å²) in [6, 6.07) is 6.10. The number of piperidine rings is 1.